The quantitative estimate of drug-likeness (QED) is 0.493. The van der Waals surface area contributed by atoms with E-state index in [9.17, 15) is 4.79 Å². The van der Waals surface area contributed by atoms with Crippen LogP contribution >= 0.6 is 0 Å². The Morgan fingerprint density at radius 2 is 2.33 bits per heavy atom. The van der Waals surface area contributed by atoms with Crippen LogP contribution in [0.4, 0.5) is 0 Å². The first-order valence-electron chi connectivity index (χ1n) is 4.34. The molecule has 0 aliphatic carbocycles. The molecule has 1 amide bonds. The molecule has 0 aromatic carbocycles. The van der Waals surface area contributed by atoms with Crippen LogP contribution < -0.4 is 5.48 Å². The fourth-order valence-corrected chi connectivity index (χ4v) is 1.57. The molecule has 1 aliphatic rings. The van der Waals surface area contributed by atoms with Gasteiger partial charge in [-0.2, -0.15) is 10.6 Å². The van der Waals surface area contributed by atoms with E-state index in [0.717, 1.165) is 5.01 Å². The lowest BCUT2D eigenvalue weighted by molar-refractivity contribution is -0.133. The maximum Gasteiger partial charge on any atom is 0.276 e. The summed E-state index contributed by atoms with van der Waals surface area (Å²) in [5.41, 5.74) is 1.27. The molecule has 1 heterocycles. The zero-order valence-electron chi connectivity index (χ0n) is 9.11. The number of likely N-dealkylation sites (N-methyl/N-ethyl adjacent to an activating group) is 1. The van der Waals surface area contributed by atoms with E-state index >= 15 is 0 Å². The van der Waals surface area contributed by atoms with Gasteiger partial charge >= 0.3 is 0 Å². The average Bonchev–Trinajstić information content (AvgIpc) is 2.40. The number of carbonyl (C=O) groups excluding carboxylic acids is 1. The minimum atomic E-state index is -1.40. The molecule has 7 nitrogen and oxygen atoms in total. The standard InChI is InChI=1S/C8H14N4O3/c1-5-8(11-14,6(2)10-15-4)7(13)12(3)9-5/h11,14H,1-4H3. The fraction of sp³-hybridized carbons (Fsp3) is 0.625. The van der Waals surface area contributed by atoms with Gasteiger partial charge in [-0.05, 0) is 13.8 Å². The molecule has 1 atom stereocenters. The molecule has 0 spiro atoms. The van der Waals surface area contributed by atoms with Crippen LogP contribution in [0.2, 0.25) is 0 Å². The lowest BCUT2D eigenvalue weighted by Crippen LogP contribution is -2.60. The van der Waals surface area contributed by atoms with Crippen molar-refractivity contribution in [3.8, 4) is 0 Å². The largest absolute Gasteiger partial charge is 0.399 e. The molecule has 0 aromatic heterocycles. The van der Waals surface area contributed by atoms with Gasteiger partial charge in [0.25, 0.3) is 5.91 Å². The number of amides is 1. The molecule has 84 valence electrons. The average molecular weight is 214 g/mol. The van der Waals surface area contributed by atoms with E-state index in [1.807, 2.05) is 5.48 Å². The molecule has 0 radical (unpaired) electrons. The highest BCUT2D eigenvalue weighted by Crippen LogP contribution is 2.20. The molecule has 1 rings (SSSR count). The van der Waals surface area contributed by atoms with Crippen LogP contribution in [-0.2, 0) is 9.63 Å². The monoisotopic (exact) mass is 214 g/mol. The number of oxime groups is 1. The topological polar surface area (TPSA) is 86.5 Å². The van der Waals surface area contributed by atoms with Crippen molar-refractivity contribution in [1.29, 1.82) is 0 Å². The number of hydrogen-bond acceptors (Lipinski definition) is 6. The molecule has 1 aliphatic heterocycles. The lowest BCUT2D eigenvalue weighted by atomic mass is 9.90. The van der Waals surface area contributed by atoms with Crippen molar-refractivity contribution >= 4 is 17.3 Å². The highest BCUT2D eigenvalue weighted by Gasteiger charge is 2.51. The van der Waals surface area contributed by atoms with Gasteiger partial charge in [0.15, 0.2) is 0 Å². The molecule has 1 unspecified atom stereocenters. The number of carbonyl (C=O) groups is 1. The van der Waals surface area contributed by atoms with Crippen LogP contribution in [0.1, 0.15) is 13.8 Å². The molecule has 2 N–H and O–H groups in total. The zero-order chi connectivity index (χ0) is 11.6. The Kier molecular flexibility index (Phi) is 3.06. The molecule has 0 bridgehead atoms. The minimum Gasteiger partial charge on any atom is -0.399 e. The molecule has 7 heteroatoms. The number of hydrazone groups is 1. The van der Waals surface area contributed by atoms with E-state index in [4.69, 9.17) is 5.21 Å². The molecular formula is C8H14N4O3. The van der Waals surface area contributed by atoms with Crippen LogP contribution in [0.3, 0.4) is 0 Å². The van der Waals surface area contributed by atoms with E-state index in [1.54, 1.807) is 13.8 Å². The highest BCUT2D eigenvalue weighted by atomic mass is 16.6. The van der Waals surface area contributed by atoms with E-state index in [-0.39, 0.29) is 0 Å². The fourth-order valence-electron chi connectivity index (χ4n) is 1.57. The zero-order valence-corrected chi connectivity index (χ0v) is 9.11. The summed E-state index contributed by atoms with van der Waals surface area (Å²) >= 11 is 0. The molecular weight excluding hydrogens is 200 g/mol. The van der Waals surface area contributed by atoms with Crippen LogP contribution in [0, 0.1) is 0 Å². The number of hydroxylamine groups is 1. The van der Waals surface area contributed by atoms with Crippen molar-refractivity contribution in [2.75, 3.05) is 14.2 Å². The molecule has 0 fully saturated rings. The van der Waals surface area contributed by atoms with E-state index < -0.39 is 11.4 Å². The Morgan fingerprint density at radius 1 is 1.73 bits per heavy atom. The third-order valence-corrected chi connectivity index (χ3v) is 2.40. The van der Waals surface area contributed by atoms with Crippen molar-refractivity contribution in [2.24, 2.45) is 10.3 Å². The van der Waals surface area contributed by atoms with Crippen LogP contribution in [0.15, 0.2) is 10.3 Å². The van der Waals surface area contributed by atoms with Gasteiger partial charge in [-0.15, -0.1) is 0 Å². The number of nitrogens with one attached hydrogen (secondary N) is 1. The second kappa shape index (κ2) is 3.95. The Balaban J connectivity index is 3.22. The van der Waals surface area contributed by atoms with Gasteiger partial charge in [0.2, 0.25) is 5.54 Å². The van der Waals surface area contributed by atoms with Gasteiger partial charge in [0.05, 0.1) is 11.4 Å². The van der Waals surface area contributed by atoms with Crippen molar-refractivity contribution in [2.45, 2.75) is 19.4 Å². The summed E-state index contributed by atoms with van der Waals surface area (Å²) in [6, 6.07) is 0. The first-order valence-corrected chi connectivity index (χ1v) is 4.34. The Labute approximate surface area is 87.3 Å². The summed E-state index contributed by atoms with van der Waals surface area (Å²) in [5.74, 6) is -0.402. The number of nitrogens with zero attached hydrogens (tertiary/aromatic N) is 3. The van der Waals surface area contributed by atoms with E-state index in [2.05, 4.69) is 15.1 Å². The van der Waals surface area contributed by atoms with Gasteiger partial charge in [-0.3, -0.25) is 4.79 Å². The maximum absolute atomic E-state index is 11.8. The predicted molar refractivity (Wildman–Crippen MR) is 53.7 cm³/mol. The molecule has 0 saturated heterocycles. The van der Waals surface area contributed by atoms with Crippen molar-refractivity contribution in [3.63, 3.8) is 0 Å². The number of rotatable bonds is 3. The van der Waals surface area contributed by atoms with Gasteiger partial charge in [0.1, 0.15) is 7.11 Å². The van der Waals surface area contributed by atoms with Gasteiger partial charge in [0, 0.05) is 7.05 Å². The molecule has 15 heavy (non-hydrogen) atoms. The van der Waals surface area contributed by atoms with Crippen LogP contribution in [-0.4, -0.2) is 47.2 Å². The maximum atomic E-state index is 11.8. The predicted octanol–water partition coefficient (Wildman–Crippen LogP) is -0.426. The second-order valence-corrected chi connectivity index (χ2v) is 3.24. The van der Waals surface area contributed by atoms with Gasteiger partial charge in [-0.1, -0.05) is 5.16 Å². The Hall–Kier alpha value is -1.47. The second-order valence-electron chi connectivity index (χ2n) is 3.24. The molecule has 0 aromatic rings. The summed E-state index contributed by atoms with van der Waals surface area (Å²) < 4.78 is 0. The SMILES string of the molecule is CON=C(C)C1(NO)C(=O)N(C)N=C1C. The smallest absolute Gasteiger partial charge is 0.276 e. The van der Waals surface area contributed by atoms with Gasteiger partial charge in [-0.25, -0.2) is 5.01 Å². The summed E-state index contributed by atoms with van der Waals surface area (Å²) in [7, 11) is 2.87. The lowest BCUT2D eigenvalue weighted by Gasteiger charge is -2.24. The normalized spacial score (nSPS) is 27.0. The summed E-state index contributed by atoms with van der Waals surface area (Å²) in [6.07, 6.45) is 0. The third-order valence-electron chi connectivity index (χ3n) is 2.40. The Bertz CT molecular complexity index is 339. The van der Waals surface area contributed by atoms with Crippen molar-refractivity contribution in [3.05, 3.63) is 0 Å². The first-order chi connectivity index (χ1) is 7.00. The van der Waals surface area contributed by atoms with Crippen LogP contribution in [0.5, 0.6) is 0 Å². The van der Waals surface area contributed by atoms with E-state index in [0.29, 0.717) is 11.4 Å². The Morgan fingerprint density at radius 3 is 2.67 bits per heavy atom. The minimum absolute atomic E-state index is 0.295. The summed E-state index contributed by atoms with van der Waals surface area (Å²) in [6.45, 7) is 3.20. The van der Waals surface area contributed by atoms with Crippen molar-refractivity contribution < 1.29 is 14.8 Å². The number of hydrogen-bond donors (Lipinski definition) is 2. The van der Waals surface area contributed by atoms with E-state index in [1.165, 1.54) is 14.2 Å². The van der Waals surface area contributed by atoms with Crippen molar-refractivity contribution in [1.82, 2.24) is 10.5 Å². The highest BCUT2D eigenvalue weighted by molar-refractivity contribution is 6.32. The summed E-state index contributed by atoms with van der Waals surface area (Å²) in [4.78, 5) is 16.4. The van der Waals surface area contributed by atoms with Crippen LogP contribution in [0.25, 0.3) is 0 Å². The first kappa shape index (κ1) is 11.6. The summed E-state index contributed by atoms with van der Waals surface area (Å²) in [5, 5.41) is 17.9. The van der Waals surface area contributed by atoms with Gasteiger partial charge < -0.3 is 10.0 Å². The molecule has 0 saturated carbocycles. The third kappa shape index (κ3) is 1.49.